The van der Waals surface area contributed by atoms with Crippen LogP contribution in [0.5, 0.6) is 0 Å². The van der Waals surface area contributed by atoms with Crippen molar-refractivity contribution in [2.24, 2.45) is 0 Å². The summed E-state index contributed by atoms with van der Waals surface area (Å²) in [7, 11) is 0. The van der Waals surface area contributed by atoms with Crippen LogP contribution < -0.4 is 10.9 Å². The fraction of sp³-hybridized carbons (Fsp3) is 0.227. The average molecular weight is 433 g/mol. The summed E-state index contributed by atoms with van der Waals surface area (Å²) in [5, 5.41) is 21.6. The first-order valence-corrected chi connectivity index (χ1v) is 10.9. The second-order valence-electron chi connectivity index (χ2n) is 6.94. The number of rotatable bonds is 7. The molecule has 8 nitrogen and oxygen atoms in total. The lowest BCUT2D eigenvalue weighted by atomic mass is 10.2. The molecule has 0 aliphatic rings. The van der Waals surface area contributed by atoms with E-state index in [0.29, 0.717) is 39.6 Å². The maximum Gasteiger partial charge on any atom is 0.262 e. The van der Waals surface area contributed by atoms with Gasteiger partial charge in [0.15, 0.2) is 5.16 Å². The van der Waals surface area contributed by atoms with E-state index in [1.54, 1.807) is 34.9 Å². The molecule has 2 aromatic heterocycles. The Hall–Kier alpha value is -3.64. The number of thioether (sulfide) groups is 1. The topological polar surface area (TPSA) is 105 Å². The Morgan fingerprint density at radius 3 is 2.74 bits per heavy atom. The number of nitrogens with one attached hydrogen (secondary N) is 1. The van der Waals surface area contributed by atoms with Crippen molar-refractivity contribution in [3.63, 3.8) is 0 Å². The fourth-order valence-corrected chi connectivity index (χ4v) is 4.09. The number of hydrogen-bond acceptors (Lipinski definition) is 6. The second kappa shape index (κ2) is 9.02. The summed E-state index contributed by atoms with van der Waals surface area (Å²) in [4.78, 5) is 25.5. The van der Waals surface area contributed by atoms with Gasteiger partial charge in [0, 0.05) is 6.54 Å². The number of nitrogens with zero attached hydrogens (tertiary/aromatic N) is 5. The van der Waals surface area contributed by atoms with E-state index in [-0.39, 0.29) is 17.2 Å². The SMILES string of the molecule is CCCCn1c(=O)c2ccccc2n2c(SCC(=O)Nc3ccccc3C#N)nnc12. The zero-order chi connectivity index (χ0) is 21.8. The molecule has 0 saturated heterocycles. The van der Waals surface area contributed by atoms with Crippen molar-refractivity contribution in [3.8, 4) is 6.07 Å². The van der Waals surface area contributed by atoms with Crippen LogP contribution in [0.25, 0.3) is 16.7 Å². The number of fused-ring (bicyclic) bond motifs is 3. The minimum atomic E-state index is -0.256. The number of aromatic nitrogens is 4. The van der Waals surface area contributed by atoms with E-state index in [4.69, 9.17) is 0 Å². The van der Waals surface area contributed by atoms with Gasteiger partial charge in [0.2, 0.25) is 11.7 Å². The van der Waals surface area contributed by atoms with Crippen LogP contribution in [-0.2, 0) is 11.3 Å². The summed E-state index contributed by atoms with van der Waals surface area (Å²) in [5.41, 5.74) is 1.49. The molecule has 0 unspecified atom stereocenters. The summed E-state index contributed by atoms with van der Waals surface area (Å²) in [6, 6.07) is 16.2. The molecule has 2 heterocycles. The molecule has 4 rings (SSSR count). The molecule has 156 valence electrons. The maximum atomic E-state index is 13.0. The molecular weight excluding hydrogens is 412 g/mol. The van der Waals surface area contributed by atoms with Crippen LogP contribution in [0, 0.1) is 11.3 Å². The van der Waals surface area contributed by atoms with E-state index in [9.17, 15) is 14.9 Å². The van der Waals surface area contributed by atoms with Gasteiger partial charge in [0.25, 0.3) is 5.56 Å². The standard InChI is InChI=1S/C22H20N6O2S/c1-2-3-12-27-20(30)16-9-5-7-11-18(16)28-21(27)25-26-22(28)31-14-19(29)24-17-10-6-4-8-15(17)13-23/h4-11H,2-3,12,14H2,1H3,(H,24,29). The molecule has 0 aliphatic carbocycles. The third-order valence-corrected chi connectivity index (χ3v) is 5.80. The maximum absolute atomic E-state index is 13.0. The van der Waals surface area contributed by atoms with Crippen LogP contribution in [0.1, 0.15) is 25.3 Å². The zero-order valence-corrected chi connectivity index (χ0v) is 17.7. The third-order valence-electron chi connectivity index (χ3n) is 4.87. The first kappa shape index (κ1) is 20.6. The van der Waals surface area contributed by atoms with Gasteiger partial charge in [-0.1, -0.05) is 49.4 Å². The minimum Gasteiger partial charge on any atom is -0.324 e. The number of hydrogen-bond donors (Lipinski definition) is 1. The van der Waals surface area contributed by atoms with Crippen LogP contribution >= 0.6 is 11.8 Å². The smallest absolute Gasteiger partial charge is 0.262 e. The van der Waals surface area contributed by atoms with Crippen molar-refractivity contribution < 1.29 is 4.79 Å². The molecule has 0 bridgehead atoms. The Morgan fingerprint density at radius 2 is 1.94 bits per heavy atom. The summed E-state index contributed by atoms with van der Waals surface area (Å²) in [6.45, 7) is 2.62. The van der Waals surface area contributed by atoms with E-state index in [2.05, 4.69) is 28.5 Å². The first-order valence-electron chi connectivity index (χ1n) is 9.92. The van der Waals surface area contributed by atoms with Gasteiger partial charge in [0.1, 0.15) is 6.07 Å². The van der Waals surface area contributed by atoms with Crippen molar-refractivity contribution in [3.05, 3.63) is 64.4 Å². The van der Waals surface area contributed by atoms with Crippen molar-refractivity contribution in [1.82, 2.24) is 19.2 Å². The number of aryl methyl sites for hydroxylation is 1. The Bertz CT molecular complexity index is 1370. The van der Waals surface area contributed by atoms with Crippen LogP contribution in [0.15, 0.2) is 58.5 Å². The highest BCUT2D eigenvalue weighted by atomic mass is 32.2. The molecule has 0 fully saturated rings. The van der Waals surface area contributed by atoms with Crippen molar-refractivity contribution in [1.29, 1.82) is 5.26 Å². The van der Waals surface area contributed by atoms with E-state index >= 15 is 0 Å². The van der Waals surface area contributed by atoms with Gasteiger partial charge < -0.3 is 5.32 Å². The quantitative estimate of drug-likeness (QED) is 0.449. The van der Waals surface area contributed by atoms with E-state index in [1.165, 1.54) is 11.8 Å². The Morgan fingerprint density at radius 1 is 1.16 bits per heavy atom. The summed E-state index contributed by atoms with van der Waals surface area (Å²) >= 11 is 1.23. The molecule has 2 aromatic carbocycles. The molecule has 0 saturated carbocycles. The van der Waals surface area contributed by atoms with Crippen molar-refractivity contribution >= 4 is 40.0 Å². The van der Waals surface area contributed by atoms with E-state index in [1.807, 2.05) is 22.6 Å². The molecule has 0 spiro atoms. The summed E-state index contributed by atoms with van der Waals surface area (Å²) < 4.78 is 3.47. The normalized spacial score (nSPS) is 11.0. The molecule has 0 radical (unpaired) electrons. The second-order valence-corrected chi connectivity index (χ2v) is 7.88. The van der Waals surface area contributed by atoms with Gasteiger partial charge >= 0.3 is 0 Å². The molecule has 0 atom stereocenters. The number of para-hydroxylation sites is 2. The van der Waals surface area contributed by atoms with Gasteiger partial charge in [-0.2, -0.15) is 5.26 Å². The lowest BCUT2D eigenvalue weighted by Gasteiger charge is -2.11. The number of anilines is 1. The zero-order valence-electron chi connectivity index (χ0n) is 16.9. The van der Waals surface area contributed by atoms with E-state index in [0.717, 1.165) is 12.8 Å². The molecule has 4 aromatic rings. The molecule has 1 N–H and O–H groups in total. The van der Waals surface area contributed by atoms with Gasteiger partial charge in [-0.15, -0.1) is 10.2 Å². The number of amides is 1. The predicted octanol–water partition coefficient (Wildman–Crippen LogP) is 3.45. The monoisotopic (exact) mass is 432 g/mol. The number of unbranched alkanes of at least 4 members (excludes halogenated alkanes) is 1. The Balaban J connectivity index is 1.66. The summed E-state index contributed by atoms with van der Waals surface area (Å²) in [5.74, 6) is 0.297. The van der Waals surface area contributed by atoms with Gasteiger partial charge in [-0.05, 0) is 30.7 Å². The Labute approximate surface area is 182 Å². The lowest BCUT2D eigenvalue weighted by molar-refractivity contribution is -0.113. The molecule has 31 heavy (non-hydrogen) atoms. The van der Waals surface area contributed by atoms with Crippen LogP contribution in [-0.4, -0.2) is 30.8 Å². The molecule has 0 aliphatic heterocycles. The molecular formula is C22H20N6O2S. The highest BCUT2D eigenvalue weighted by Crippen LogP contribution is 2.22. The van der Waals surface area contributed by atoms with E-state index < -0.39 is 0 Å². The Kier molecular flexibility index (Phi) is 6.00. The van der Waals surface area contributed by atoms with Gasteiger partial charge in [-0.25, -0.2) is 0 Å². The average Bonchev–Trinajstić information content (AvgIpc) is 3.22. The molecule has 9 heteroatoms. The largest absolute Gasteiger partial charge is 0.324 e. The van der Waals surface area contributed by atoms with Crippen molar-refractivity contribution in [2.45, 2.75) is 31.5 Å². The number of benzene rings is 2. The number of nitriles is 1. The number of carbonyl (C=O) groups excluding carboxylic acids is 1. The number of carbonyl (C=O) groups is 1. The first-order chi connectivity index (χ1) is 15.1. The van der Waals surface area contributed by atoms with Gasteiger partial charge in [0.05, 0.1) is 27.9 Å². The highest BCUT2D eigenvalue weighted by Gasteiger charge is 2.17. The predicted molar refractivity (Wildman–Crippen MR) is 120 cm³/mol. The fourth-order valence-electron chi connectivity index (χ4n) is 3.35. The van der Waals surface area contributed by atoms with Crippen LogP contribution in [0.3, 0.4) is 0 Å². The third kappa shape index (κ3) is 4.02. The van der Waals surface area contributed by atoms with Crippen LogP contribution in [0.2, 0.25) is 0 Å². The minimum absolute atomic E-state index is 0.0863. The van der Waals surface area contributed by atoms with Gasteiger partial charge in [-0.3, -0.25) is 18.6 Å². The molecule has 1 amide bonds. The lowest BCUT2D eigenvalue weighted by Crippen LogP contribution is -2.23. The van der Waals surface area contributed by atoms with Crippen LogP contribution in [0.4, 0.5) is 5.69 Å². The summed E-state index contributed by atoms with van der Waals surface area (Å²) in [6.07, 6.45) is 1.80. The highest BCUT2D eigenvalue weighted by molar-refractivity contribution is 7.99. The van der Waals surface area contributed by atoms with Crippen molar-refractivity contribution in [2.75, 3.05) is 11.1 Å².